The summed E-state index contributed by atoms with van der Waals surface area (Å²) in [7, 11) is 3.22. The molecule has 0 aromatic carbocycles. The normalized spacial score (nSPS) is 14.9. The van der Waals surface area contributed by atoms with Crippen molar-refractivity contribution < 1.29 is 32.5 Å². The lowest BCUT2D eigenvalue weighted by molar-refractivity contribution is -0.870. The molecule has 0 spiro atoms. The van der Waals surface area contributed by atoms with Gasteiger partial charge in [0.1, 0.15) is 13.2 Å². The Kier molecular flexibility index (Phi) is 22.2. The summed E-state index contributed by atoms with van der Waals surface area (Å²) < 4.78 is 33.5. The number of phosphoric acid groups is 1. The van der Waals surface area contributed by atoms with Crippen molar-refractivity contribution in [2.75, 3.05) is 67.8 Å². The fourth-order valence-corrected chi connectivity index (χ4v) is 4.46. The van der Waals surface area contributed by atoms with Gasteiger partial charge in [0, 0.05) is 19.6 Å². The van der Waals surface area contributed by atoms with Crippen molar-refractivity contribution in [2.45, 2.75) is 96.8 Å². The van der Waals surface area contributed by atoms with E-state index in [1.807, 2.05) is 21.1 Å². The minimum Gasteiger partial charge on any atom is -0.756 e. The molecule has 0 aliphatic carbocycles. The number of hydrogen-bond donors (Lipinski definition) is 0. The van der Waals surface area contributed by atoms with Crippen LogP contribution in [0.1, 0.15) is 96.8 Å². The summed E-state index contributed by atoms with van der Waals surface area (Å²) in [6, 6.07) is 0. The van der Waals surface area contributed by atoms with E-state index in [0.29, 0.717) is 30.8 Å². The highest BCUT2D eigenvalue weighted by Gasteiger charge is 2.17. The topological polar surface area (TPSA) is 77.1 Å². The largest absolute Gasteiger partial charge is 0.756 e. The van der Waals surface area contributed by atoms with E-state index < -0.39 is 7.82 Å². The second kappa shape index (κ2) is 22.2. The molecule has 0 amide bonds. The SMILES string of the molecule is CCCCCCCCCCCCCCCCOC[C@H](COC)COP(=O)([O-])OCC[N+](C)(C)C. The molecule has 0 fully saturated rings. The third kappa shape index (κ3) is 25.1. The molecular formula is C26H56NO6P. The Labute approximate surface area is 211 Å². The minimum absolute atomic E-state index is 0.0116. The maximum atomic E-state index is 11.9. The van der Waals surface area contributed by atoms with Crippen molar-refractivity contribution in [3.8, 4) is 0 Å². The molecule has 0 aromatic heterocycles. The van der Waals surface area contributed by atoms with Crippen molar-refractivity contribution in [1.82, 2.24) is 0 Å². The van der Waals surface area contributed by atoms with Crippen LogP contribution in [0.3, 0.4) is 0 Å². The van der Waals surface area contributed by atoms with Gasteiger partial charge in [-0.3, -0.25) is 4.57 Å². The number of rotatable bonds is 26. The molecular weight excluding hydrogens is 453 g/mol. The summed E-state index contributed by atoms with van der Waals surface area (Å²) in [4.78, 5) is 11.9. The highest BCUT2D eigenvalue weighted by atomic mass is 31.2. The van der Waals surface area contributed by atoms with Crippen LogP contribution in [0.15, 0.2) is 0 Å². The molecule has 0 aliphatic heterocycles. The molecule has 7 nitrogen and oxygen atoms in total. The first-order valence-corrected chi connectivity index (χ1v) is 15.1. The smallest absolute Gasteiger partial charge is 0.268 e. The Morgan fingerprint density at radius 3 is 1.68 bits per heavy atom. The van der Waals surface area contributed by atoms with Gasteiger partial charge in [0.2, 0.25) is 0 Å². The number of unbranched alkanes of at least 4 members (excludes halogenated alkanes) is 13. The fourth-order valence-electron chi connectivity index (χ4n) is 3.69. The van der Waals surface area contributed by atoms with Crippen LogP contribution in [0.2, 0.25) is 0 Å². The van der Waals surface area contributed by atoms with Crippen LogP contribution in [0, 0.1) is 5.92 Å². The summed E-state index contributed by atoms with van der Waals surface area (Å²) in [5.74, 6) is -0.138. The van der Waals surface area contributed by atoms with E-state index in [1.54, 1.807) is 7.11 Å². The third-order valence-electron chi connectivity index (χ3n) is 5.88. The molecule has 206 valence electrons. The van der Waals surface area contributed by atoms with Crippen molar-refractivity contribution in [1.29, 1.82) is 0 Å². The van der Waals surface area contributed by atoms with Gasteiger partial charge in [-0.1, -0.05) is 90.4 Å². The van der Waals surface area contributed by atoms with E-state index in [9.17, 15) is 9.46 Å². The first-order chi connectivity index (χ1) is 16.2. The van der Waals surface area contributed by atoms with Gasteiger partial charge in [-0.05, 0) is 6.42 Å². The van der Waals surface area contributed by atoms with E-state index in [1.165, 1.54) is 83.5 Å². The molecule has 1 unspecified atom stereocenters. The average molecular weight is 510 g/mol. The number of hydrogen-bond acceptors (Lipinski definition) is 6. The van der Waals surface area contributed by atoms with Crippen LogP contribution in [0.25, 0.3) is 0 Å². The standard InChI is InChI=1S/C26H56NO6P/c1-6-7-8-9-10-11-12-13-14-15-16-17-18-19-21-31-24-26(23-30-5)25-33-34(28,29)32-22-20-27(2,3)4/h26H,6-25H2,1-5H3/t26-/m0/s1. The summed E-state index contributed by atoms with van der Waals surface area (Å²) in [6.07, 6.45) is 18.7. The number of quaternary nitrogens is 1. The number of methoxy groups -OCH3 is 1. The zero-order valence-corrected chi connectivity index (χ0v) is 24.0. The van der Waals surface area contributed by atoms with E-state index >= 15 is 0 Å². The predicted molar refractivity (Wildman–Crippen MR) is 139 cm³/mol. The van der Waals surface area contributed by atoms with E-state index in [2.05, 4.69) is 6.92 Å². The zero-order valence-electron chi connectivity index (χ0n) is 23.1. The van der Waals surface area contributed by atoms with Gasteiger partial charge in [-0.25, -0.2) is 0 Å². The van der Waals surface area contributed by atoms with E-state index in [-0.39, 0.29) is 19.1 Å². The monoisotopic (exact) mass is 509 g/mol. The lowest BCUT2D eigenvalue weighted by atomic mass is 10.0. The van der Waals surface area contributed by atoms with Crippen molar-refractivity contribution in [3.05, 3.63) is 0 Å². The zero-order chi connectivity index (χ0) is 25.5. The average Bonchev–Trinajstić information content (AvgIpc) is 2.76. The van der Waals surface area contributed by atoms with E-state index in [0.717, 1.165) is 6.42 Å². The summed E-state index contributed by atoms with van der Waals surface area (Å²) >= 11 is 0. The van der Waals surface area contributed by atoms with Crippen LogP contribution in [0.5, 0.6) is 0 Å². The number of phosphoric ester groups is 1. The first-order valence-electron chi connectivity index (χ1n) is 13.7. The molecule has 8 heteroatoms. The van der Waals surface area contributed by atoms with Crippen molar-refractivity contribution in [3.63, 3.8) is 0 Å². The van der Waals surface area contributed by atoms with Gasteiger partial charge in [-0.15, -0.1) is 0 Å². The molecule has 0 aliphatic rings. The maximum Gasteiger partial charge on any atom is 0.268 e. The summed E-state index contributed by atoms with van der Waals surface area (Å²) in [6.45, 7) is 4.47. The third-order valence-corrected chi connectivity index (χ3v) is 6.84. The molecule has 0 saturated heterocycles. The molecule has 2 atom stereocenters. The Bertz CT molecular complexity index is 486. The Morgan fingerprint density at radius 1 is 0.706 bits per heavy atom. The molecule has 0 N–H and O–H groups in total. The second-order valence-corrected chi connectivity index (χ2v) is 12.0. The Balaban J connectivity index is 3.65. The van der Waals surface area contributed by atoms with Crippen LogP contribution in [-0.2, 0) is 23.1 Å². The second-order valence-electron chi connectivity index (χ2n) is 10.6. The maximum absolute atomic E-state index is 11.9. The van der Waals surface area contributed by atoms with Gasteiger partial charge >= 0.3 is 0 Å². The van der Waals surface area contributed by atoms with Crippen LogP contribution < -0.4 is 4.89 Å². The molecule has 0 heterocycles. The van der Waals surface area contributed by atoms with Gasteiger partial charge in [0.05, 0.1) is 41.0 Å². The quantitative estimate of drug-likeness (QED) is 0.0814. The lowest BCUT2D eigenvalue weighted by Gasteiger charge is -2.28. The van der Waals surface area contributed by atoms with Crippen molar-refractivity contribution >= 4 is 7.82 Å². The lowest BCUT2D eigenvalue weighted by Crippen LogP contribution is -2.37. The van der Waals surface area contributed by atoms with Gasteiger partial charge in [-0.2, -0.15) is 0 Å². The Morgan fingerprint density at radius 2 is 1.21 bits per heavy atom. The number of likely N-dealkylation sites (N-methyl/N-ethyl adjacent to an activating group) is 1. The molecule has 0 saturated carbocycles. The molecule has 0 rings (SSSR count). The summed E-state index contributed by atoms with van der Waals surface area (Å²) in [5, 5.41) is 0. The highest BCUT2D eigenvalue weighted by molar-refractivity contribution is 7.45. The molecule has 0 aromatic rings. The molecule has 34 heavy (non-hydrogen) atoms. The predicted octanol–water partition coefficient (Wildman–Crippen LogP) is 5.95. The van der Waals surface area contributed by atoms with Gasteiger partial charge < -0.3 is 27.9 Å². The number of nitrogens with zero attached hydrogens (tertiary/aromatic N) is 1. The highest BCUT2D eigenvalue weighted by Crippen LogP contribution is 2.38. The fraction of sp³-hybridized carbons (Fsp3) is 1.00. The van der Waals surface area contributed by atoms with Crippen LogP contribution in [0.4, 0.5) is 0 Å². The summed E-state index contributed by atoms with van der Waals surface area (Å²) in [5.41, 5.74) is 0. The van der Waals surface area contributed by atoms with E-state index in [4.69, 9.17) is 18.5 Å². The molecule has 0 bridgehead atoms. The van der Waals surface area contributed by atoms with Gasteiger partial charge in [0.15, 0.2) is 0 Å². The van der Waals surface area contributed by atoms with Crippen molar-refractivity contribution in [2.24, 2.45) is 5.92 Å². The Hall–Kier alpha value is -0.0100. The first kappa shape index (κ1) is 34.0. The van der Waals surface area contributed by atoms with Gasteiger partial charge in [0.25, 0.3) is 7.82 Å². The minimum atomic E-state index is -4.30. The molecule has 0 radical (unpaired) electrons. The number of ether oxygens (including phenoxy) is 2. The van der Waals surface area contributed by atoms with Crippen LogP contribution in [-0.4, -0.2) is 72.3 Å². The van der Waals surface area contributed by atoms with Crippen LogP contribution >= 0.6 is 7.82 Å².